The first kappa shape index (κ1) is 17.7. The molecule has 0 fully saturated rings. The third kappa shape index (κ3) is 2.78. The summed E-state index contributed by atoms with van der Waals surface area (Å²) in [7, 11) is 0. The number of nitrogens with zero attached hydrogens (tertiary/aromatic N) is 3. The van der Waals surface area contributed by atoms with Gasteiger partial charge < -0.3 is 26.9 Å². The maximum Gasteiger partial charge on any atom is 0.568 e. The number of aromatic amines is 1. The van der Waals surface area contributed by atoms with Crippen LogP contribution in [0.1, 0.15) is 0 Å². The van der Waals surface area contributed by atoms with E-state index in [0.717, 1.165) is 16.4 Å². The number of halogens is 1. The predicted octanol–water partition coefficient (Wildman–Crippen LogP) is 1.82. The van der Waals surface area contributed by atoms with E-state index in [4.69, 9.17) is 4.42 Å². The van der Waals surface area contributed by atoms with Crippen molar-refractivity contribution >= 4 is 44.6 Å². The smallest absolute Gasteiger partial charge is 0.568 e. The van der Waals surface area contributed by atoms with Gasteiger partial charge in [0.2, 0.25) is 5.88 Å². The number of carbonyl (C=O) groups excluding carboxylic acids is 1. The molecule has 0 atom stereocenters. The van der Waals surface area contributed by atoms with Gasteiger partial charge in [-0.15, -0.1) is 0 Å². The highest BCUT2D eigenvalue weighted by atomic mass is 35.5. The van der Waals surface area contributed by atoms with Crippen LogP contribution in [-0.2, 0) is 0 Å². The van der Waals surface area contributed by atoms with Gasteiger partial charge in [0.25, 0.3) is 0 Å². The summed E-state index contributed by atoms with van der Waals surface area (Å²) in [6, 6.07) is 16.1. The van der Waals surface area contributed by atoms with E-state index >= 15 is 0 Å². The van der Waals surface area contributed by atoms with Crippen LogP contribution in [0.25, 0.3) is 32.8 Å². The molecule has 138 valence electrons. The zero-order chi connectivity index (χ0) is 18.4. The number of aromatic hydroxyl groups is 1. The minimum Gasteiger partial charge on any atom is -1.00 e. The summed E-state index contributed by atoms with van der Waals surface area (Å²) in [6.07, 6.45) is 3.16. The SMILES string of the molecule is O=C(N=Nc1c(O)[nH]c2cc3oc4ccccc4c3cc12)[n+]1ccccc1.[Cl-]. The molecule has 0 spiro atoms. The molecular weight excluding hydrogens is 380 g/mol. The molecule has 0 saturated heterocycles. The number of H-pyrrole nitrogens is 1. The van der Waals surface area contributed by atoms with Crippen molar-refractivity contribution in [1.29, 1.82) is 0 Å². The quantitative estimate of drug-likeness (QED) is 0.336. The Balaban J connectivity index is 0.00000192. The van der Waals surface area contributed by atoms with E-state index in [1.165, 1.54) is 4.57 Å². The first-order valence-electron chi connectivity index (χ1n) is 8.29. The number of aromatic nitrogens is 2. The van der Waals surface area contributed by atoms with Gasteiger partial charge in [-0.05, 0) is 29.4 Å². The Morgan fingerprint density at radius 2 is 1.75 bits per heavy atom. The standard InChI is InChI=1S/C20H12N4O3.ClH/c25-19-18(22-23-20(26)24-8-4-1-5-9-24)14-10-13-12-6-2-3-7-16(12)27-17(13)11-15(14)21-19;/h1-11H,(H-,21,22,23,25,26);1H. The maximum absolute atomic E-state index is 12.1. The van der Waals surface area contributed by atoms with Gasteiger partial charge in [0.05, 0.1) is 17.9 Å². The predicted molar refractivity (Wildman–Crippen MR) is 99.2 cm³/mol. The van der Waals surface area contributed by atoms with Gasteiger partial charge in [-0.2, -0.15) is 9.36 Å². The van der Waals surface area contributed by atoms with Crippen LogP contribution in [0.4, 0.5) is 10.5 Å². The highest BCUT2D eigenvalue weighted by Gasteiger charge is 2.19. The van der Waals surface area contributed by atoms with Crippen molar-refractivity contribution in [2.45, 2.75) is 0 Å². The highest BCUT2D eigenvalue weighted by Crippen LogP contribution is 2.40. The van der Waals surface area contributed by atoms with Crippen molar-refractivity contribution in [2.24, 2.45) is 10.2 Å². The molecule has 2 N–H and O–H groups in total. The first-order valence-corrected chi connectivity index (χ1v) is 8.29. The average molecular weight is 393 g/mol. The van der Waals surface area contributed by atoms with Crippen molar-refractivity contribution < 1.29 is 31.3 Å². The van der Waals surface area contributed by atoms with Gasteiger partial charge in [-0.1, -0.05) is 24.3 Å². The summed E-state index contributed by atoms with van der Waals surface area (Å²) in [5.41, 5.74) is 2.34. The fourth-order valence-corrected chi connectivity index (χ4v) is 3.16. The van der Waals surface area contributed by atoms with Gasteiger partial charge in [-0.3, -0.25) is 0 Å². The topological polar surface area (TPSA) is 94.8 Å². The molecule has 7 nitrogen and oxygen atoms in total. The van der Waals surface area contributed by atoms with Crippen LogP contribution < -0.4 is 17.0 Å². The minimum absolute atomic E-state index is 0. The molecule has 0 radical (unpaired) electrons. The molecule has 1 amide bonds. The average Bonchev–Trinajstić information content (AvgIpc) is 3.21. The van der Waals surface area contributed by atoms with Crippen LogP contribution in [-0.4, -0.2) is 16.1 Å². The van der Waals surface area contributed by atoms with Gasteiger partial charge in [0.15, 0.2) is 5.69 Å². The van der Waals surface area contributed by atoms with E-state index in [-0.39, 0.29) is 24.0 Å². The van der Waals surface area contributed by atoms with Crippen molar-refractivity contribution in [3.8, 4) is 5.88 Å². The molecule has 3 aromatic heterocycles. The van der Waals surface area contributed by atoms with Crippen LogP contribution >= 0.6 is 0 Å². The largest absolute Gasteiger partial charge is 1.00 e. The molecule has 0 aliphatic heterocycles. The Morgan fingerprint density at radius 3 is 2.57 bits per heavy atom. The summed E-state index contributed by atoms with van der Waals surface area (Å²) in [6.45, 7) is 0. The molecule has 5 aromatic rings. The van der Waals surface area contributed by atoms with Crippen LogP contribution in [0.15, 0.2) is 81.6 Å². The second-order valence-corrected chi connectivity index (χ2v) is 6.08. The van der Waals surface area contributed by atoms with Crippen molar-refractivity contribution in [3.63, 3.8) is 0 Å². The number of pyridine rings is 1. The molecule has 2 aromatic carbocycles. The lowest BCUT2D eigenvalue weighted by atomic mass is 10.1. The van der Waals surface area contributed by atoms with E-state index in [1.807, 2.05) is 30.3 Å². The third-order valence-corrected chi connectivity index (χ3v) is 4.42. The maximum atomic E-state index is 12.1. The number of amides is 1. The summed E-state index contributed by atoms with van der Waals surface area (Å²) >= 11 is 0. The number of nitrogens with one attached hydrogen (secondary N) is 1. The lowest BCUT2D eigenvalue weighted by molar-refractivity contribution is -0.569. The number of benzene rings is 2. The Bertz CT molecular complexity index is 1360. The van der Waals surface area contributed by atoms with Crippen LogP contribution in [0.5, 0.6) is 5.88 Å². The summed E-state index contributed by atoms with van der Waals surface area (Å²) in [5.74, 6) is -0.156. The fourth-order valence-electron chi connectivity index (χ4n) is 3.16. The van der Waals surface area contributed by atoms with E-state index in [1.54, 1.807) is 36.7 Å². The summed E-state index contributed by atoms with van der Waals surface area (Å²) in [4.78, 5) is 15.0. The second kappa shape index (κ2) is 6.79. The Morgan fingerprint density at radius 1 is 0.964 bits per heavy atom. The molecule has 5 rings (SSSR count). The number of carbonyl (C=O) groups is 1. The molecule has 0 aliphatic carbocycles. The number of fused-ring (bicyclic) bond motifs is 4. The monoisotopic (exact) mass is 392 g/mol. The molecule has 0 saturated carbocycles. The molecule has 28 heavy (non-hydrogen) atoms. The Hall–Kier alpha value is -3.71. The molecule has 8 heteroatoms. The van der Waals surface area contributed by atoms with Crippen LogP contribution in [0.3, 0.4) is 0 Å². The minimum atomic E-state index is -0.556. The number of rotatable bonds is 1. The second-order valence-electron chi connectivity index (χ2n) is 6.08. The lowest BCUT2D eigenvalue weighted by Gasteiger charge is -1.92. The van der Waals surface area contributed by atoms with E-state index in [0.29, 0.717) is 16.5 Å². The molecular formula is C20H13ClN4O3. The Kier molecular flexibility index (Phi) is 4.29. The van der Waals surface area contributed by atoms with Crippen LogP contribution in [0, 0.1) is 0 Å². The van der Waals surface area contributed by atoms with E-state index in [9.17, 15) is 9.90 Å². The summed E-state index contributed by atoms with van der Waals surface area (Å²) < 4.78 is 7.16. The van der Waals surface area contributed by atoms with Gasteiger partial charge in [0.1, 0.15) is 16.3 Å². The van der Waals surface area contributed by atoms with E-state index in [2.05, 4.69) is 15.2 Å². The van der Waals surface area contributed by atoms with Crippen molar-refractivity contribution in [1.82, 2.24) is 4.98 Å². The van der Waals surface area contributed by atoms with Crippen molar-refractivity contribution in [2.75, 3.05) is 0 Å². The lowest BCUT2D eigenvalue weighted by Crippen LogP contribution is -3.00. The molecule has 3 heterocycles. The number of para-hydroxylation sites is 1. The normalized spacial score (nSPS) is 11.4. The number of furan rings is 1. The van der Waals surface area contributed by atoms with Gasteiger partial charge in [-0.25, -0.2) is 0 Å². The van der Waals surface area contributed by atoms with Crippen molar-refractivity contribution in [3.05, 3.63) is 67.0 Å². The summed E-state index contributed by atoms with van der Waals surface area (Å²) in [5, 5.41) is 20.4. The number of hydrogen-bond donors (Lipinski definition) is 2. The number of azo groups is 1. The van der Waals surface area contributed by atoms with E-state index < -0.39 is 6.03 Å². The zero-order valence-electron chi connectivity index (χ0n) is 14.3. The first-order chi connectivity index (χ1) is 13.2. The fraction of sp³-hybridized carbons (Fsp3) is 0. The molecule has 0 bridgehead atoms. The zero-order valence-corrected chi connectivity index (χ0v) is 15.1. The Labute approximate surface area is 164 Å². The van der Waals surface area contributed by atoms with Gasteiger partial charge >= 0.3 is 6.03 Å². The third-order valence-electron chi connectivity index (χ3n) is 4.42. The number of hydrogen-bond acceptors (Lipinski definition) is 4. The highest BCUT2D eigenvalue weighted by molar-refractivity contribution is 6.12. The van der Waals surface area contributed by atoms with Gasteiger partial charge in [0, 0.05) is 22.2 Å². The molecule has 0 unspecified atom stereocenters. The molecule has 0 aliphatic rings. The van der Waals surface area contributed by atoms with Crippen LogP contribution in [0.2, 0.25) is 0 Å².